The summed E-state index contributed by atoms with van der Waals surface area (Å²) < 4.78 is 98.9. The van der Waals surface area contributed by atoms with Gasteiger partial charge in [-0.25, -0.2) is 71.4 Å². The number of thiazole rings is 5. The third-order valence-corrected chi connectivity index (χ3v) is 23.1. The third kappa shape index (κ3) is 32.8. The standard InChI is InChI=1S/C22H27N5OS.C20H23F3N4OS.C20H23N5OS.C20H25N3O3S.C19H24N4O3S2/c1-14(2)25-21-27-19(13-29-21)18-12-20(28-22(3,4)5)16-8-7-15(11-17(16)26-18)24-10-9-23-6;1-11(2)25-19-27-17(9-29-19)16-8-18(28-12(3)4)14-6-5-13(7-15(14)26-16)24-10-20(21,22)23;1-12(2)23-20-25-18(10-27-20)17-9-19(26-13(3)4)15-7-6-14(22-11-21-5)8-16(15)24-17;1-12(2)21-20-23-18(11-27-20)17-10-19(26-13(3)4)15-6-5-14(25-8-7-24)9-16(15)22-17;1-11(2)20-19-22-17(10-27-19)16-9-18(26-12(3)4)14-7-6-13(8-15(14)21-16)23-28(5,24)25/h7-8,11-14,24H,9-10H2,1-5H3,(H,25,27);5-9,11-12,24H,10H2,1-4H3,(H,25,27);6-10,12-13,22H,11H2,1-4H3,(H,23,25);5-6,9-13,24H,7-8H2,1-4H3,(H,21,23);6-12,23H,1-5H3,(H,20,22). The number of aliphatic hydroxyl groups is 1. The highest BCUT2D eigenvalue weighted by molar-refractivity contribution is 7.92. The number of hydrogen-bond acceptors (Lipinski definition) is 32. The largest absolute Gasteiger partial charge is 0.491 e. The van der Waals surface area contributed by atoms with E-state index in [1.165, 1.54) is 22.7 Å². The Bertz CT molecular complexity index is 6880. The number of hydrogen-bond donors (Lipinski definition) is 10. The van der Waals surface area contributed by atoms with Crippen molar-refractivity contribution in [2.75, 3.05) is 93.0 Å². The molecule has 742 valence electrons. The van der Waals surface area contributed by atoms with Gasteiger partial charge in [0.1, 0.15) is 81.7 Å². The molecule has 30 nitrogen and oxygen atoms in total. The minimum atomic E-state index is -4.30. The lowest BCUT2D eigenvalue weighted by atomic mass is 10.1. The van der Waals surface area contributed by atoms with Crippen molar-refractivity contribution < 1.29 is 55.1 Å². The van der Waals surface area contributed by atoms with Crippen LogP contribution in [0.25, 0.3) is 121 Å². The van der Waals surface area contributed by atoms with Crippen LogP contribution in [0.5, 0.6) is 34.5 Å². The molecule has 15 aromatic rings. The van der Waals surface area contributed by atoms with Crippen molar-refractivity contribution in [2.24, 2.45) is 0 Å². The van der Waals surface area contributed by atoms with Gasteiger partial charge in [0.05, 0.1) is 106 Å². The SMILES string of the molecule is CC(C)Nc1nc(-c2cc(OC(C)C)c3ccc(NCC(F)(F)F)cc3n2)cs1.CC(C)Nc1nc(-c2cc(OC(C)C)c3ccc(NS(C)(=O)=O)cc3n2)cs1.CC(C)Nc1nc(-c2cc(OC(C)C)c3ccc(OCCO)cc3n2)cs1.[C-]#[N+]CCNc1ccc2c(OC(C)(C)C)cc(-c3csc(NC(C)C)n3)nc2c1.[C-]#[N+]CNc1ccc2c(OC(C)C)cc(-c3csc(NC(C)C)n3)nc2c1. The highest BCUT2D eigenvalue weighted by atomic mass is 32.2. The van der Waals surface area contributed by atoms with Crippen molar-refractivity contribution in [1.29, 1.82) is 0 Å². The monoisotopic (exact) mass is 2020 g/mol. The Balaban J connectivity index is 0.000000167. The second-order valence-corrected chi connectivity index (χ2v) is 42.0. The summed E-state index contributed by atoms with van der Waals surface area (Å²) in [5, 5.41) is 52.6. The first-order valence-electron chi connectivity index (χ1n) is 45.8. The summed E-state index contributed by atoms with van der Waals surface area (Å²) in [6, 6.07) is 38.7. The van der Waals surface area contributed by atoms with E-state index in [0.717, 1.165) is 144 Å². The maximum atomic E-state index is 12.5. The van der Waals surface area contributed by atoms with Gasteiger partial charge in [0.15, 0.2) is 25.7 Å². The molecule has 0 saturated carbocycles. The molecule has 0 saturated heterocycles. The van der Waals surface area contributed by atoms with Crippen molar-refractivity contribution >= 4 is 170 Å². The van der Waals surface area contributed by atoms with Gasteiger partial charge < -0.3 is 80.9 Å². The minimum absolute atomic E-state index is 0.0131. The van der Waals surface area contributed by atoms with Crippen LogP contribution in [0.1, 0.15) is 145 Å². The number of aliphatic hydroxyl groups excluding tert-OH is 1. The molecule has 0 radical (unpaired) electrons. The van der Waals surface area contributed by atoms with Gasteiger partial charge in [0.25, 0.3) is 6.67 Å². The molecule has 0 unspecified atom stereocenters. The number of nitrogens with one attached hydrogen (secondary N) is 9. The lowest BCUT2D eigenvalue weighted by Crippen LogP contribution is -2.23. The van der Waals surface area contributed by atoms with Crippen LogP contribution in [0.3, 0.4) is 0 Å². The molecule has 0 bridgehead atoms. The zero-order valence-corrected chi connectivity index (χ0v) is 87.4. The van der Waals surface area contributed by atoms with E-state index in [9.17, 15) is 21.6 Å². The number of pyridine rings is 5. The second kappa shape index (κ2) is 49.2. The Hall–Kier alpha value is -13.0. The maximum Gasteiger partial charge on any atom is 0.405 e. The topological polar surface area (TPSA) is 356 Å². The summed E-state index contributed by atoms with van der Waals surface area (Å²) in [6.45, 7) is 56.8. The van der Waals surface area contributed by atoms with E-state index in [0.29, 0.717) is 88.0 Å². The van der Waals surface area contributed by atoms with E-state index >= 15 is 0 Å². The number of anilines is 9. The number of sulfonamides is 1. The van der Waals surface area contributed by atoms with Crippen molar-refractivity contribution in [3.8, 4) is 91.4 Å². The fourth-order valence-corrected chi connectivity index (χ4v) is 18.2. The molecule has 39 heteroatoms. The molecule has 0 atom stereocenters. The fraction of sp³-hybridized carbons (Fsp3) is 0.386. The minimum Gasteiger partial charge on any atom is -0.491 e. The van der Waals surface area contributed by atoms with Crippen LogP contribution in [0.15, 0.2) is 148 Å². The van der Waals surface area contributed by atoms with Crippen molar-refractivity contribution in [1.82, 2.24) is 49.8 Å². The fourth-order valence-electron chi connectivity index (χ4n) is 13.4. The van der Waals surface area contributed by atoms with Gasteiger partial charge >= 0.3 is 6.18 Å². The molecule has 15 rings (SSSR count). The molecule has 10 aromatic heterocycles. The number of rotatable bonds is 36. The first kappa shape index (κ1) is 107. The summed E-state index contributed by atoms with van der Waals surface area (Å²) in [5.41, 5.74) is 13.3. The number of alkyl halides is 3. The molecule has 0 aliphatic rings. The van der Waals surface area contributed by atoms with Gasteiger partial charge in [0, 0.05) is 138 Å². The number of halogens is 3. The first-order chi connectivity index (χ1) is 66.4. The highest BCUT2D eigenvalue weighted by Gasteiger charge is 2.28. The van der Waals surface area contributed by atoms with E-state index in [1.807, 2.05) is 208 Å². The van der Waals surface area contributed by atoms with Gasteiger partial charge in [-0.2, -0.15) is 13.2 Å². The molecular formula is C101H122F3N21O9S6. The smallest absolute Gasteiger partial charge is 0.405 e. The Morgan fingerprint density at radius 3 is 0.964 bits per heavy atom. The molecule has 140 heavy (non-hydrogen) atoms. The molecular weight excluding hydrogens is 1900 g/mol. The number of aromatic nitrogens is 10. The zero-order valence-electron chi connectivity index (χ0n) is 82.5. The summed E-state index contributed by atoms with van der Waals surface area (Å²) in [7, 11) is -3.37. The van der Waals surface area contributed by atoms with Crippen molar-refractivity contribution in [2.45, 2.75) is 212 Å². The van der Waals surface area contributed by atoms with E-state index in [-0.39, 0.29) is 62.0 Å². The molecule has 10 heterocycles. The average molecular weight is 2020 g/mol. The van der Waals surface area contributed by atoms with Crippen LogP contribution in [0.4, 0.5) is 61.6 Å². The zero-order chi connectivity index (χ0) is 101. The lowest BCUT2D eigenvalue weighted by Gasteiger charge is -2.23. The predicted octanol–water partition coefficient (Wildman–Crippen LogP) is 25.6. The highest BCUT2D eigenvalue weighted by Crippen LogP contribution is 2.42. The van der Waals surface area contributed by atoms with Gasteiger partial charge in [0.2, 0.25) is 16.6 Å². The predicted molar refractivity (Wildman–Crippen MR) is 572 cm³/mol. The second-order valence-electron chi connectivity index (χ2n) is 35.9. The molecule has 0 fully saturated rings. The summed E-state index contributed by atoms with van der Waals surface area (Å²) in [5.74, 6) is 4.31. The van der Waals surface area contributed by atoms with Crippen LogP contribution in [0, 0.1) is 13.1 Å². The van der Waals surface area contributed by atoms with Gasteiger partial charge in [-0.1, -0.05) is 0 Å². The first-order valence-corrected chi connectivity index (χ1v) is 52.1. The average Bonchev–Trinajstić information content (AvgIpc) is 1.37. The number of ether oxygens (including phenoxy) is 6. The van der Waals surface area contributed by atoms with E-state index in [4.69, 9.17) is 66.6 Å². The van der Waals surface area contributed by atoms with Gasteiger partial charge in [-0.15, -0.1) is 56.7 Å². The van der Waals surface area contributed by atoms with Crippen molar-refractivity contribution in [3.63, 3.8) is 0 Å². The Labute approximate surface area is 836 Å². The van der Waals surface area contributed by atoms with Crippen LogP contribution in [-0.4, -0.2) is 176 Å². The van der Waals surface area contributed by atoms with Crippen LogP contribution in [-0.2, 0) is 10.0 Å². The summed E-state index contributed by atoms with van der Waals surface area (Å²) in [6.07, 6.45) is -3.16. The van der Waals surface area contributed by atoms with E-state index < -0.39 is 22.7 Å². The third-order valence-electron chi connectivity index (χ3n) is 18.7. The van der Waals surface area contributed by atoms with Gasteiger partial charge in [-0.3, -0.25) is 9.57 Å². The number of fused-ring (bicyclic) bond motifs is 5. The molecule has 5 aromatic carbocycles. The Morgan fingerprint density at radius 2 is 0.671 bits per heavy atom. The van der Waals surface area contributed by atoms with Crippen LogP contribution in [0.2, 0.25) is 0 Å². The Kier molecular flexibility index (Phi) is 37.7. The van der Waals surface area contributed by atoms with Crippen molar-refractivity contribution in [3.05, 3.63) is 171 Å². The molecule has 0 spiro atoms. The van der Waals surface area contributed by atoms with E-state index in [2.05, 4.69) is 142 Å². The van der Waals surface area contributed by atoms with Crippen LogP contribution < -0.4 is 75.7 Å². The number of benzene rings is 5. The molecule has 0 amide bonds. The lowest BCUT2D eigenvalue weighted by molar-refractivity contribution is -0.115. The van der Waals surface area contributed by atoms with E-state index in [1.54, 1.807) is 64.3 Å². The summed E-state index contributed by atoms with van der Waals surface area (Å²) >= 11 is 7.68. The molecule has 10 N–H and O–H groups in total. The normalized spacial score (nSPS) is 11.6. The molecule has 0 aliphatic heterocycles. The summed E-state index contributed by atoms with van der Waals surface area (Å²) in [4.78, 5) is 53.6. The van der Waals surface area contributed by atoms with Crippen LogP contribution >= 0.6 is 56.7 Å². The Morgan fingerprint density at radius 1 is 0.379 bits per heavy atom. The number of nitrogens with zero attached hydrogens (tertiary/aromatic N) is 12. The quantitative estimate of drug-likeness (QED) is 0.0129. The maximum absolute atomic E-state index is 12.5. The van der Waals surface area contributed by atoms with Gasteiger partial charge in [-0.05, 0) is 230 Å². The molecule has 0 aliphatic carbocycles.